The molecule has 0 atom stereocenters. The fourth-order valence-corrected chi connectivity index (χ4v) is 3.09. The molecule has 0 aliphatic carbocycles. The Morgan fingerprint density at radius 1 is 0.885 bits per heavy atom. The van der Waals surface area contributed by atoms with Crippen LogP contribution in [0.15, 0.2) is 24.3 Å². The fraction of sp³-hybridized carbons (Fsp3) is 0.632. The molecule has 2 saturated heterocycles. The number of benzene rings is 1. The maximum atomic E-state index is 13.2. The molecule has 26 heavy (non-hydrogen) atoms. The van der Waals surface area contributed by atoms with Gasteiger partial charge >= 0.3 is 0 Å². The van der Waals surface area contributed by atoms with Gasteiger partial charge in [0.15, 0.2) is 11.6 Å². The van der Waals surface area contributed by atoms with Gasteiger partial charge in [-0.05, 0) is 52.0 Å². The molecule has 1 amide bonds. The second kappa shape index (κ2) is 7.15. The third-order valence-corrected chi connectivity index (χ3v) is 4.67. The van der Waals surface area contributed by atoms with E-state index in [0.29, 0.717) is 37.7 Å². The van der Waals surface area contributed by atoms with E-state index in [2.05, 4.69) is 0 Å². The van der Waals surface area contributed by atoms with Crippen LogP contribution in [0.5, 0.6) is 0 Å². The van der Waals surface area contributed by atoms with E-state index in [1.807, 2.05) is 27.7 Å². The number of nitrogens with two attached hydrogens (primary N) is 1. The van der Waals surface area contributed by atoms with Crippen molar-refractivity contribution in [2.75, 3.05) is 32.2 Å². The van der Waals surface area contributed by atoms with Crippen molar-refractivity contribution in [1.82, 2.24) is 4.90 Å². The Kier molecular flexibility index (Phi) is 5.25. The number of carbonyl (C=O) groups excluding carboxylic acids is 1. The van der Waals surface area contributed by atoms with Crippen molar-refractivity contribution in [3.63, 3.8) is 0 Å². The van der Waals surface area contributed by atoms with Crippen molar-refractivity contribution in [3.05, 3.63) is 29.8 Å². The number of hydrogen-bond acceptors (Lipinski definition) is 6. The van der Waals surface area contributed by atoms with Gasteiger partial charge in [0.1, 0.15) is 0 Å². The molecular formula is C19H28N2O5. The number of carbonyl (C=O) groups is 1. The molecule has 1 aromatic rings. The van der Waals surface area contributed by atoms with Crippen molar-refractivity contribution in [2.45, 2.75) is 51.4 Å². The molecule has 1 aromatic carbocycles. The molecule has 2 aliphatic heterocycles. The van der Waals surface area contributed by atoms with E-state index < -0.39 is 11.6 Å². The summed E-state index contributed by atoms with van der Waals surface area (Å²) in [5.41, 5.74) is 6.92. The number of ether oxygens (including phenoxy) is 4. The molecular weight excluding hydrogens is 336 g/mol. The Bertz CT molecular complexity index is 596. The lowest BCUT2D eigenvalue weighted by Crippen LogP contribution is -2.60. The minimum atomic E-state index is -0.645. The highest BCUT2D eigenvalue weighted by Gasteiger charge is 2.40. The molecule has 0 radical (unpaired) electrons. The summed E-state index contributed by atoms with van der Waals surface area (Å²) in [6, 6.07) is 6.47. The van der Waals surface area contributed by atoms with Gasteiger partial charge in [-0.2, -0.15) is 0 Å². The first kappa shape index (κ1) is 19.1. The van der Waals surface area contributed by atoms with Crippen LogP contribution in [0.25, 0.3) is 0 Å². The van der Waals surface area contributed by atoms with Gasteiger partial charge in [-0.3, -0.25) is 4.79 Å². The molecule has 0 saturated carbocycles. The molecule has 0 spiro atoms. The van der Waals surface area contributed by atoms with Crippen LogP contribution in [0.1, 0.15) is 38.1 Å². The molecule has 3 rings (SSSR count). The maximum absolute atomic E-state index is 13.2. The lowest BCUT2D eigenvalue weighted by molar-refractivity contribution is -0.282. The summed E-state index contributed by atoms with van der Waals surface area (Å²) in [5.74, 6) is -1.40. The van der Waals surface area contributed by atoms with Gasteiger partial charge in [0, 0.05) is 11.3 Å². The third-order valence-electron chi connectivity index (χ3n) is 4.67. The monoisotopic (exact) mass is 364 g/mol. The van der Waals surface area contributed by atoms with Crippen LogP contribution >= 0.6 is 0 Å². The third kappa shape index (κ3) is 4.35. The summed E-state index contributed by atoms with van der Waals surface area (Å²) in [7, 11) is 0. The number of rotatable bonds is 3. The van der Waals surface area contributed by atoms with Gasteiger partial charge in [0.05, 0.1) is 38.5 Å². The molecule has 2 aliphatic rings. The van der Waals surface area contributed by atoms with Crippen molar-refractivity contribution < 1.29 is 23.7 Å². The van der Waals surface area contributed by atoms with E-state index in [-0.39, 0.29) is 18.0 Å². The van der Waals surface area contributed by atoms with Crippen LogP contribution < -0.4 is 5.73 Å². The van der Waals surface area contributed by atoms with Crippen LogP contribution in [0.2, 0.25) is 0 Å². The van der Waals surface area contributed by atoms with E-state index in [4.69, 9.17) is 24.7 Å². The summed E-state index contributed by atoms with van der Waals surface area (Å²) >= 11 is 0. The minimum Gasteiger partial charge on any atom is -0.399 e. The Balaban J connectivity index is 1.82. The molecule has 2 heterocycles. The van der Waals surface area contributed by atoms with Crippen LogP contribution in [-0.4, -0.2) is 60.9 Å². The molecule has 7 nitrogen and oxygen atoms in total. The SMILES string of the molecule is CC1(C)OCC(N(C(=O)c2ccc(N)cc2)C2COC(C)(C)OC2)CO1. The Hall–Kier alpha value is -1.67. The standard InChI is InChI=1S/C19H28N2O5/c1-18(2)23-9-15(10-24-18)21(16-11-25-19(3,4)26-12-16)17(22)13-5-7-14(20)8-6-13/h5-8,15-16H,9-12,20H2,1-4H3. The van der Waals surface area contributed by atoms with Crippen molar-refractivity contribution >= 4 is 11.6 Å². The number of hydrogen-bond donors (Lipinski definition) is 1. The smallest absolute Gasteiger partial charge is 0.254 e. The van der Waals surface area contributed by atoms with Gasteiger partial charge in [0.2, 0.25) is 0 Å². The Labute approximate surface area is 154 Å². The highest BCUT2D eigenvalue weighted by molar-refractivity contribution is 5.95. The lowest BCUT2D eigenvalue weighted by Gasteiger charge is -2.46. The van der Waals surface area contributed by atoms with Crippen LogP contribution in [0.3, 0.4) is 0 Å². The van der Waals surface area contributed by atoms with Gasteiger partial charge in [0.25, 0.3) is 5.91 Å². The van der Waals surface area contributed by atoms with E-state index in [1.165, 1.54) is 0 Å². The number of nitrogen functional groups attached to an aromatic ring is 1. The number of nitrogens with zero attached hydrogens (tertiary/aromatic N) is 1. The fourth-order valence-electron chi connectivity index (χ4n) is 3.09. The van der Waals surface area contributed by atoms with E-state index >= 15 is 0 Å². The predicted octanol–water partition coefficient (Wildman–Crippen LogP) is 2.01. The Morgan fingerprint density at radius 3 is 1.65 bits per heavy atom. The van der Waals surface area contributed by atoms with Crippen LogP contribution in [-0.2, 0) is 18.9 Å². The van der Waals surface area contributed by atoms with Gasteiger partial charge in [-0.25, -0.2) is 0 Å². The highest BCUT2D eigenvalue weighted by Crippen LogP contribution is 2.27. The molecule has 2 N–H and O–H groups in total. The molecule has 2 fully saturated rings. The number of amides is 1. The van der Waals surface area contributed by atoms with Crippen molar-refractivity contribution in [3.8, 4) is 0 Å². The van der Waals surface area contributed by atoms with Gasteiger partial charge in [-0.15, -0.1) is 0 Å². The molecule has 0 aromatic heterocycles. The van der Waals surface area contributed by atoms with E-state index in [9.17, 15) is 4.79 Å². The van der Waals surface area contributed by atoms with Gasteiger partial charge < -0.3 is 29.6 Å². The average Bonchev–Trinajstić information content (AvgIpc) is 2.58. The van der Waals surface area contributed by atoms with Crippen molar-refractivity contribution in [2.24, 2.45) is 0 Å². The summed E-state index contributed by atoms with van der Waals surface area (Å²) < 4.78 is 23.1. The zero-order valence-corrected chi connectivity index (χ0v) is 15.9. The summed E-state index contributed by atoms with van der Waals surface area (Å²) in [5, 5.41) is 0. The number of anilines is 1. The van der Waals surface area contributed by atoms with Crippen molar-refractivity contribution in [1.29, 1.82) is 0 Å². The molecule has 7 heteroatoms. The maximum Gasteiger partial charge on any atom is 0.254 e. The molecule has 0 unspecified atom stereocenters. The lowest BCUT2D eigenvalue weighted by atomic mass is 10.1. The Morgan fingerprint density at radius 2 is 1.27 bits per heavy atom. The second-order valence-corrected chi connectivity index (χ2v) is 7.69. The largest absolute Gasteiger partial charge is 0.399 e. The average molecular weight is 364 g/mol. The topological polar surface area (TPSA) is 83.3 Å². The van der Waals surface area contributed by atoms with Crippen LogP contribution in [0.4, 0.5) is 5.69 Å². The molecule has 144 valence electrons. The first-order valence-electron chi connectivity index (χ1n) is 8.91. The predicted molar refractivity (Wildman–Crippen MR) is 96.6 cm³/mol. The van der Waals surface area contributed by atoms with E-state index in [1.54, 1.807) is 29.2 Å². The first-order valence-corrected chi connectivity index (χ1v) is 8.91. The van der Waals surface area contributed by atoms with Crippen LogP contribution in [0, 0.1) is 0 Å². The van der Waals surface area contributed by atoms with Gasteiger partial charge in [-0.1, -0.05) is 0 Å². The quantitative estimate of drug-likeness (QED) is 0.826. The normalized spacial score (nSPS) is 23.5. The summed E-state index contributed by atoms with van der Waals surface area (Å²) in [6.45, 7) is 9.05. The van der Waals surface area contributed by atoms with E-state index in [0.717, 1.165) is 0 Å². The summed E-state index contributed by atoms with van der Waals surface area (Å²) in [6.07, 6.45) is 0. The minimum absolute atomic E-state index is 0.112. The highest BCUT2D eigenvalue weighted by atomic mass is 16.7. The molecule has 0 bridgehead atoms. The summed E-state index contributed by atoms with van der Waals surface area (Å²) in [4.78, 5) is 15.0. The zero-order chi connectivity index (χ0) is 18.9. The second-order valence-electron chi connectivity index (χ2n) is 7.69. The first-order chi connectivity index (χ1) is 12.2. The zero-order valence-electron chi connectivity index (χ0n) is 15.9.